The highest BCUT2D eigenvalue weighted by Crippen LogP contribution is 2.27. The number of nitrogens with one attached hydrogen (secondary N) is 1. The van der Waals surface area contributed by atoms with Crippen LogP contribution in [0.3, 0.4) is 0 Å². The summed E-state index contributed by atoms with van der Waals surface area (Å²) in [6, 6.07) is 9.85. The number of nitrogens with zero attached hydrogens (tertiary/aromatic N) is 1. The van der Waals surface area contributed by atoms with Gasteiger partial charge in [-0.15, -0.1) is 0 Å². The van der Waals surface area contributed by atoms with Crippen LogP contribution in [0.15, 0.2) is 41.0 Å². The molecule has 0 aliphatic heterocycles. The smallest absolute Gasteiger partial charge is 0.136 e. The van der Waals surface area contributed by atoms with Gasteiger partial charge in [-0.2, -0.15) is 0 Å². The van der Waals surface area contributed by atoms with Crippen LogP contribution in [0.4, 0.5) is 0 Å². The van der Waals surface area contributed by atoms with Crippen molar-refractivity contribution in [2.45, 2.75) is 6.92 Å². The van der Waals surface area contributed by atoms with Crippen molar-refractivity contribution in [1.29, 1.82) is 0 Å². The number of hydrogen-bond acceptors (Lipinski definition) is 2. The number of para-hydroxylation sites is 1. The molecule has 0 amide bonds. The van der Waals surface area contributed by atoms with E-state index in [4.69, 9.17) is 4.42 Å². The quantitative estimate of drug-likeness (QED) is 0.652. The van der Waals surface area contributed by atoms with Crippen molar-refractivity contribution in [3.8, 4) is 11.3 Å². The molecule has 0 saturated carbocycles. The Labute approximate surface area is 86.8 Å². The summed E-state index contributed by atoms with van der Waals surface area (Å²) < 4.78 is 5.38. The van der Waals surface area contributed by atoms with Gasteiger partial charge in [-0.1, -0.05) is 6.07 Å². The van der Waals surface area contributed by atoms with Crippen LogP contribution in [0, 0.1) is 6.92 Å². The van der Waals surface area contributed by atoms with E-state index in [0.29, 0.717) is 0 Å². The van der Waals surface area contributed by atoms with E-state index >= 15 is 0 Å². The van der Waals surface area contributed by atoms with E-state index in [2.05, 4.69) is 9.97 Å². The topological polar surface area (TPSA) is 41.8 Å². The molecule has 2 aromatic heterocycles. The fourth-order valence-electron chi connectivity index (χ4n) is 1.79. The Kier molecular flexibility index (Phi) is 1.65. The number of H-pyrrole nitrogens is 1. The lowest BCUT2D eigenvalue weighted by Gasteiger charge is -1.96. The Morgan fingerprint density at radius 2 is 2.13 bits per heavy atom. The molecule has 0 saturated heterocycles. The van der Waals surface area contributed by atoms with Crippen molar-refractivity contribution >= 4 is 11.0 Å². The van der Waals surface area contributed by atoms with E-state index in [9.17, 15) is 0 Å². The number of hydrogen-bond donors (Lipinski definition) is 1. The normalized spacial score (nSPS) is 11.0. The first-order chi connectivity index (χ1) is 7.34. The van der Waals surface area contributed by atoms with E-state index in [1.165, 1.54) is 0 Å². The second kappa shape index (κ2) is 2.98. The lowest BCUT2D eigenvalue weighted by atomic mass is 10.1. The Balaban J connectivity index is 2.35. The summed E-state index contributed by atoms with van der Waals surface area (Å²) in [6.45, 7) is 1.95. The Morgan fingerprint density at radius 3 is 2.93 bits per heavy atom. The van der Waals surface area contributed by atoms with Crippen LogP contribution in [0.1, 0.15) is 5.82 Å². The van der Waals surface area contributed by atoms with Crippen LogP contribution in [-0.2, 0) is 0 Å². The van der Waals surface area contributed by atoms with Crippen LogP contribution in [0.25, 0.3) is 22.4 Å². The van der Waals surface area contributed by atoms with Crippen LogP contribution in [-0.4, -0.2) is 9.97 Å². The summed E-state index contributed by atoms with van der Waals surface area (Å²) in [6.07, 6.45) is 1.67. The molecule has 3 rings (SSSR count). The summed E-state index contributed by atoms with van der Waals surface area (Å²) in [5, 5.41) is 0. The highest BCUT2D eigenvalue weighted by molar-refractivity contribution is 5.90. The van der Waals surface area contributed by atoms with Gasteiger partial charge < -0.3 is 9.40 Å². The number of aryl methyl sites for hydroxylation is 1. The molecule has 0 aliphatic rings. The first kappa shape index (κ1) is 8.29. The van der Waals surface area contributed by atoms with Gasteiger partial charge in [-0.05, 0) is 31.2 Å². The van der Waals surface area contributed by atoms with E-state index in [0.717, 1.165) is 28.2 Å². The molecular weight excluding hydrogens is 188 g/mol. The Morgan fingerprint density at radius 1 is 1.20 bits per heavy atom. The zero-order valence-electron chi connectivity index (χ0n) is 8.32. The first-order valence-corrected chi connectivity index (χ1v) is 4.84. The molecule has 74 valence electrons. The summed E-state index contributed by atoms with van der Waals surface area (Å²) in [7, 11) is 0. The van der Waals surface area contributed by atoms with Crippen molar-refractivity contribution in [3.05, 3.63) is 42.4 Å². The van der Waals surface area contributed by atoms with Crippen molar-refractivity contribution < 1.29 is 4.42 Å². The lowest BCUT2D eigenvalue weighted by molar-refractivity contribution is 0.583. The standard InChI is InChI=1S/C12H10N2O/c1-8-13-10-5-2-4-9(12(10)14-8)11-6-3-7-15-11/h2-7H,1H3,(H,13,14). The number of imidazole rings is 1. The second-order valence-corrected chi connectivity index (χ2v) is 3.50. The minimum absolute atomic E-state index is 0.854. The highest BCUT2D eigenvalue weighted by Gasteiger charge is 2.08. The summed E-state index contributed by atoms with van der Waals surface area (Å²) >= 11 is 0. The zero-order chi connectivity index (χ0) is 10.3. The van der Waals surface area contributed by atoms with Gasteiger partial charge in [-0.25, -0.2) is 4.98 Å². The molecule has 1 N–H and O–H groups in total. The van der Waals surface area contributed by atoms with Gasteiger partial charge in [0.1, 0.15) is 11.6 Å². The molecule has 0 fully saturated rings. The molecule has 3 aromatic rings. The Hall–Kier alpha value is -2.03. The largest absolute Gasteiger partial charge is 0.464 e. The molecule has 0 spiro atoms. The highest BCUT2D eigenvalue weighted by atomic mass is 16.3. The number of aromatic amines is 1. The van der Waals surface area contributed by atoms with Gasteiger partial charge >= 0.3 is 0 Å². The van der Waals surface area contributed by atoms with E-state index in [-0.39, 0.29) is 0 Å². The van der Waals surface area contributed by atoms with E-state index in [1.54, 1.807) is 6.26 Å². The number of rotatable bonds is 1. The van der Waals surface area contributed by atoms with Gasteiger partial charge in [0, 0.05) is 5.56 Å². The maximum atomic E-state index is 5.38. The molecular formula is C12H10N2O. The summed E-state index contributed by atoms with van der Waals surface area (Å²) in [5.41, 5.74) is 3.04. The average molecular weight is 198 g/mol. The first-order valence-electron chi connectivity index (χ1n) is 4.84. The van der Waals surface area contributed by atoms with Crippen molar-refractivity contribution in [1.82, 2.24) is 9.97 Å². The second-order valence-electron chi connectivity index (χ2n) is 3.50. The van der Waals surface area contributed by atoms with Crippen LogP contribution < -0.4 is 0 Å². The predicted molar refractivity (Wildman–Crippen MR) is 58.5 cm³/mol. The zero-order valence-corrected chi connectivity index (χ0v) is 8.32. The molecule has 1 aromatic carbocycles. The molecule has 0 unspecified atom stereocenters. The van der Waals surface area contributed by atoms with Gasteiger partial charge in [-0.3, -0.25) is 0 Å². The minimum atomic E-state index is 0.854. The molecule has 3 nitrogen and oxygen atoms in total. The Bertz CT molecular complexity index is 593. The lowest BCUT2D eigenvalue weighted by Crippen LogP contribution is -1.77. The molecule has 0 bridgehead atoms. The van der Waals surface area contributed by atoms with Gasteiger partial charge in [0.2, 0.25) is 0 Å². The third kappa shape index (κ3) is 1.24. The minimum Gasteiger partial charge on any atom is -0.464 e. The van der Waals surface area contributed by atoms with Crippen molar-refractivity contribution in [2.24, 2.45) is 0 Å². The average Bonchev–Trinajstić information content (AvgIpc) is 2.82. The number of aromatic nitrogens is 2. The SMILES string of the molecule is Cc1nc2c(-c3ccco3)cccc2[nH]1. The number of fused-ring (bicyclic) bond motifs is 1. The molecule has 0 aliphatic carbocycles. The third-order valence-corrected chi connectivity index (χ3v) is 2.42. The molecule has 0 atom stereocenters. The van der Waals surface area contributed by atoms with Gasteiger partial charge in [0.15, 0.2) is 0 Å². The van der Waals surface area contributed by atoms with Crippen molar-refractivity contribution in [3.63, 3.8) is 0 Å². The molecule has 3 heteroatoms. The summed E-state index contributed by atoms with van der Waals surface area (Å²) in [5.74, 6) is 1.77. The van der Waals surface area contributed by atoms with Gasteiger partial charge in [0.05, 0.1) is 17.3 Å². The van der Waals surface area contributed by atoms with Gasteiger partial charge in [0.25, 0.3) is 0 Å². The third-order valence-electron chi connectivity index (χ3n) is 2.42. The van der Waals surface area contributed by atoms with E-state index in [1.807, 2.05) is 37.3 Å². The monoisotopic (exact) mass is 198 g/mol. The number of furan rings is 1. The van der Waals surface area contributed by atoms with Crippen molar-refractivity contribution in [2.75, 3.05) is 0 Å². The molecule has 15 heavy (non-hydrogen) atoms. The van der Waals surface area contributed by atoms with Crippen LogP contribution >= 0.6 is 0 Å². The van der Waals surface area contributed by atoms with Crippen LogP contribution in [0.5, 0.6) is 0 Å². The molecule has 0 radical (unpaired) electrons. The summed E-state index contributed by atoms with van der Waals surface area (Å²) in [4.78, 5) is 7.66. The fourth-order valence-corrected chi connectivity index (χ4v) is 1.79. The number of benzene rings is 1. The maximum Gasteiger partial charge on any atom is 0.136 e. The van der Waals surface area contributed by atoms with Crippen LogP contribution in [0.2, 0.25) is 0 Å². The fraction of sp³-hybridized carbons (Fsp3) is 0.0833. The van der Waals surface area contributed by atoms with E-state index < -0.39 is 0 Å². The predicted octanol–water partition coefficient (Wildman–Crippen LogP) is 3.13. The molecule has 2 heterocycles. The maximum absolute atomic E-state index is 5.38.